The van der Waals surface area contributed by atoms with E-state index in [0.717, 1.165) is 11.8 Å². The highest BCUT2D eigenvalue weighted by Crippen LogP contribution is 2.41. The number of nitrogens with zero attached hydrogens (tertiary/aromatic N) is 3. The Hall–Kier alpha value is -2.96. The minimum absolute atomic E-state index is 0.160. The number of carbonyl (C=O) groups is 1. The fourth-order valence-electron chi connectivity index (χ4n) is 4.14. The van der Waals surface area contributed by atoms with Gasteiger partial charge < -0.3 is 24.6 Å². The lowest BCUT2D eigenvalue weighted by atomic mass is 10.1. The van der Waals surface area contributed by atoms with Gasteiger partial charge in [-0.05, 0) is 19.9 Å². The lowest BCUT2D eigenvalue weighted by Gasteiger charge is -2.18. The number of fused-ring (bicyclic) bond motifs is 1. The van der Waals surface area contributed by atoms with E-state index in [2.05, 4.69) is 9.97 Å². The maximum absolute atomic E-state index is 13.5. The minimum atomic E-state index is -2.67. The molecule has 3 aromatic rings. The predicted molar refractivity (Wildman–Crippen MR) is 142 cm³/mol. The molecule has 0 bridgehead atoms. The van der Waals surface area contributed by atoms with Crippen molar-refractivity contribution in [1.29, 1.82) is 5.41 Å². The van der Waals surface area contributed by atoms with Gasteiger partial charge in [0, 0.05) is 49.1 Å². The van der Waals surface area contributed by atoms with Crippen LogP contribution in [-0.4, -0.2) is 83.2 Å². The first kappa shape index (κ1) is 28.1. The normalized spacial score (nSPS) is 15.9. The molecule has 0 aliphatic carbocycles. The third-order valence-electron chi connectivity index (χ3n) is 6.02. The molecule has 1 fully saturated rings. The zero-order valence-electron chi connectivity index (χ0n) is 21.1. The van der Waals surface area contributed by atoms with E-state index < -0.39 is 11.2 Å². The van der Waals surface area contributed by atoms with Crippen molar-refractivity contribution in [3.63, 3.8) is 0 Å². The Labute approximate surface area is 227 Å². The van der Waals surface area contributed by atoms with Crippen molar-refractivity contribution in [3.05, 3.63) is 28.9 Å². The summed E-state index contributed by atoms with van der Waals surface area (Å²) in [5.41, 5.74) is 1.95. The molecule has 9 nitrogen and oxygen atoms in total. The van der Waals surface area contributed by atoms with E-state index in [9.17, 15) is 13.6 Å². The Bertz CT molecular complexity index is 1340. The molecule has 13 heteroatoms. The molecule has 1 aromatic carbocycles. The summed E-state index contributed by atoms with van der Waals surface area (Å²) in [4.78, 5) is 26.1. The number of hydrogen-bond acceptors (Lipinski definition) is 9. The Morgan fingerprint density at radius 1 is 1.37 bits per heavy atom. The van der Waals surface area contributed by atoms with E-state index >= 15 is 0 Å². The smallest absolute Gasteiger partial charge is 0.319 e. The highest BCUT2D eigenvalue weighted by molar-refractivity contribution is 8.00. The molecule has 0 spiro atoms. The summed E-state index contributed by atoms with van der Waals surface area (Å²) in [6, 6.07) is 3.26. The zero-order chi connectivity index (χ0) is 27.4. The molecular formula is C25H28ClF2N5O4S. The molecule has 0 radical (unpaired) electrons. The molecule has 1 aliphatic rings. The molecule has 0 saturated carbocycles. The molecule has 2 aromatic heterocycles. The van der Waals surface area contributed by atoms with Crippen LogP contribution in [0.1, 0.15) is 25.8 Å². The summed E-state index contributed by atoms with van der Waals surface area (Å²) in [7, 11) is 1.48. The van der Waals surface area contributed by atoms with Crippen molar-refractivity contribution < 1.29 is 27.8 Å². The van der Waals surface area contributed by atoms with Crippen LogP contribution in [0.3, 0.4) is 0 Å². The van der Waals surface area contributed by atoms with Crippen molar-refractivity contribution in [2.45, 2.75) is 36.6 Å². The number of ether oxygens (including phenoxy) is 3. The molecule has 1 saturated heterocycles. The number of thioether (sulfide) groups is 1. The molecule has 1 atom stereocenters. The molecule has 2 N–H and O–H groups in total. The van der Waals surface area contributed by atoms with Crippen molar-refractivity contribution in [2.75, 3.05) is 40.0 Å². The van der Waals surface area contributed by atoms with Gasteiger partial charge in [-0.1, -0.05) is 23.4 Å². The molecule has 4 rings (SSSR count). The summed E-state index contributed by atoms with van der Waals surface area (Å²) >= 11 is 7.80. The molecular weight excluding hydrogens is 540 g/mol. The SMILES string of the molecule is CCOC(=O)C(C)Sc1nc(-c2cc(OCCN3CCC(F)(F)C3)c(OC)cc2Cl)c2c(C=N)c[nH]c2n1. The fourth-order valence-corrected chi connectivity index (χ4v) is 5.15. The van der Waals surface area contributed by atoms with Crippen LogP contribution in [0.4, 0.5) is 8.78 Å². The van der Waals surface area contributed by atoms with Gasteiger partial charge in [-0.2, -0.15) is 0 Å². The molecule has 3 heterocycles. The number of nitrogens with one attached hydrogen (secondary N) is 2. The van der Waals surface area contributed by atoms with Crippen molar-refractivity contribution in [2.24, 2.45) is 0 Å². The fraction of sp³-hybridized carbons (Fsp3) is 0.440. The van der Waals surface area contributed by atoms with E-state index in [-0.39, 0.29) is 32.1 Å². The minimum Gasteiger partial charge on any atom is -0.493 e. The first-order valence-corrected chi connectivity index (χ1v) is 13.2. The van der Waals surface area contributed by atoms with Gasteiger partial charge >= 0.3 is 5.97 Å². The van der Waals surface area contributed by atoms with Crippen LogP contribution < -0.4 is 9.47 Å². The molecule has 204 valence electrons. The number of esters is 1. The van der Waals surface area contributed by atoms with E-state index in [4.69, 9.17) is 36.2 Å². The summed E-state index contributed by atoms with van der Waals surface area (Å²) in [6.45, 7) is 4.22. The zero-order valence-corrected chi connectivity index (χ0v) is 22.7. The van der Waals surface area contributed by atoms with Gasteiger partial charge in [0.2, 0.25) is 0 Å². The lowest BCUT2D eigenvalue weighted by molar-refractivity contribution is -0.142. The number of rotatable bonds is 11. The summed E-state index contributed by atoms with van der Waals surface area (Å²) in [5, 5.41) is 8.48. The van der Waals surface area contributed by atoms with Crippen LogP contribution in [0.5, 0.6) is 11.5 Å². The van der Waals surface area contributed by atoms with Crippen LogP contribution in [0.2, 0.25) is 5.02 Å². The van der Waals surface area contributed by atoms with Crippen LogP contribution in [-0.2, 0) is 9.53 Å². The Kier molecular flexibility index (Phi) is 8.74. The molecule has 1 unspecified atom stereocenters. The molecule has 0 amide bonds. The van der Waals surface area contributed by atoms with Crippen LogP contribution in [0.15, 0.2) is 23.5 Å². The van der Waals surface area contributed by atoms with Gasteiger partial charge in [-0.15, -0.1) is 0 Å². The quantitative estimate of drug-likeness (QED) is 0.143. The van der Waals surface area contributed by atoms with Gasteiger partial charge in [-0.3, -0.25) is 9.69 Å². The van der Waals surface area contributed by atoms with E-state index in [1.165, 1.54) is 13.3 Å². The van der Waals surface area contributed by atoms with Crippen LogP contribution in [0.25, 0.3) is 22.3 Å². The van der Waals surface area contributed by atoms with Crippen LogP contribution >= 0.6 is 23.4 Å². The predicted octanol–water partition coefficient (Wildman–Crippen LogP) is 5.05. The van der Waals surface area contributed by atoms with E-state index in [1.807, 2.05) is 0 Å². The van der Waals surface area contributed by atoms with Crippen molar-refractivity contribution >= 4 is 46.6 Å². The standard InChI is InChI=1S/C25H28ClF2N5O4S/c1-4-36-23(34)14(2)38-24-31-21(20-15(11-29)12-30-22(20)32-24)16-9-19(18(35-3)10-17(16)26)37-8-7-33-6-5-25(27,28)13-33/h9-12,14,29H,4-8,13H2,1-3H3,(H,30,31,32). The van der Waals surface area contributed by atoms with Gasteiger partial charge in [0.15, 0.2) is 16.7 Å². The summed E-state index contributed by atoms with van der Waals surface area (Å²) in [5.74, 6) is -2.32. The summed E-state index contributed by atoms with van der Waals surface area (Å²) in [6.07, 6.45) is 2.66. The van der Waals surface area contributed by atoms with Gasteiger partial charge in [-0.25, -0.2) is 18.7 Å². The number of alkyl halides is 2. The van der Waals surface area contributed by atoms with Crippen LogP contribution in [0, 0.1) is 5.41 Å². The summed E-state index contributed by atoms with van der Waals surface area (Å²) < 4.78 is 43.5. The number of halogens is 3. The topological polar surface area (TPSA) is 113 Å². The van der Waals surface area contributed by atoms with E-state index in [1.54, 1.807) is 37.1 Å². The van der Waals surface area contributed by atoms with Crippen molar-refractivity contribution in [1.82, 2.24) is 19.9 Å². The van der Waals surface area contributed by atoms with Crippen molar-refractivity contribution in [3.8, 4) is 22.8 Å². The second kappa shape index (κ2) is 11.8. The number of carbonyl (C=O) groups excluding carboxylic acids is 1. The monoisotopic (exact) mass is 567 g/mol. The number of hydrogen-bond donors (Lipinski definition) is 2. The first-order chi connectivity index (χ1) is 18.2. The van der Waals surface area contributed by atoms with Gasteiger partial charge in [0.1, 0.15) is 17.5 Å². The Morgan fingerprint density at radius 3 is 2.82 bits per heavy atom. The molecule has 1 aliphatic heterocycles. The highest BCUT2D eigenvalue weighted by Gasteiger charge is 2.37. The second-order valence-electron chi connectivity index (χ2n) is 8.69. The highest BCUT2D eigenvalue weighted by atomic mass is 35.5. The maximum Gasteiger partial charge on any atom is 0.319 e. The lowest BCUT2D eigenvalue weighted by Crippen LogP contribution is -2.29. The maximum atomic E-state index is 13.5. The van der Waals surface area contributed by atoms with Gasteiger partial charge in [0.05, 0.1) is 36.4 Å². The number of aromatic nitrogens is 3. The number of aromatic amines is 1. The number of methoxy groups -OCH3 is 1. The molecule has 38 heavy (non-hydrogen) atoms. The average molecular weight is 568 g/mol. The number of likely N-dealkylation sites (tertiary alicyclic amines) is 1. The third kappa shape index (κ3) is 6.19. The number of benzene rings is 1. The second-order valence-corrected chi connectivity index (χ2v) is 10.4. The Balaban J connectivity index is 1.69. The average Bonchev–Trinajstić information content (AvgIpc) is 3.46. The van der Waals surface area contributed by atoms with Gasteiger partial charge in [0.25, 0.3) is 5.92 Å². The Morgan fingerprint density at radius 2 is 2.16 bits per heavy atom. The first-order valence-electron chi connectivity index (χ1n) is 12.0. The largest absolute Gasteiger partial charge is 0.493 e. The number of H-pyrrole nitrogens is 1. The van der Waals surface area contributed by atoms with E-state index in [0.29, 0.717) is 62.6 Å². The third-order valence-corrected chi connectivity index (χ3v) is 7.27.